The maximum Gasteiger partial charge on any atom is 0.264 e. The first-order chi connectivity index (χ1) is 18.7. The minimum atomic E-state index is -4.11. The minimum Gasteiger partial charge on any atom is -0.345 e. The Labute approximate surface area is 233 Å². The fraction of sp³-hybridized carbons (Fsp3) is 0.133. The second-order valence-electron chi connectivity index (χ2n) is 8.96. The van der Waals surface area contributed by atoms with Crippen LogP contribution in [0.15, 0.2) is 108 Å². The first-order valence-electron chi connectivity index (χ1n) is 12.3. The molecule has 200 valence electrons. The number of anilines is 2. The van der Waals surface area contributed by atoms with Crippen LogP contribution < -0.4 is 14.9 Å². The summed E-state index contributed by atoms with van der Waals surface area (Å²) >= 11 is 6.30. The summed E-state index contributed by atoms with van der Waals surface area (Å²) in [4.78, 5) is 26.4. The van der Waals surface area contributed by atoms with E-state index >= 15 is 0 Å². The van der Waals surface area contributed by atoms with Gasteiger partial charge in [0.15, 0.2) is 0 Å². The molecule has 1 atom stereocenters. The molecule has 0 bridgehead atoms. The van der Waals surface area contributed by atoms with Crippen LogP contribution in [-0.2, 0) is 14.8 Å². The van der Waals surface area contributed by atoms with Crippen molar-refractivity contribution in [3.63, 3.8) is 0 Å². The molecule has 0 spiro atoms. The molecule has 0 aliphatic carbocycles. The molecule has 9 heteroatoms. The molecule has 2 amide bonds. The Morgan fingerprint density at radius 2 is 1.49 bits per heavy atom. The predicted molar refractivity (Wildman–Crippen MR) is 155 cm³/mol. The maximum absolute atomic E-state index is 13.6. The Hall–Kier alpha value is -4.14. The van der Waals surface area contributed by atoms with Crippen molar-refractivity contribution < 1.29 is 18.0 Å². The molecular weight excluding hydrogens is 534 g/mol. The molecule has 2 N–H and O–H groups in total. The van der Waals surface area contributed by atoms with Gasteiger partial charge < -0.3 is 10.6 Å². The number of nitrogens with zero attached hydrogens (tertiary/aromatic N) is 1. The topological polar surface area (TPSA) is 95.6 Å². The number of halogens is 1. The van der Waals surface area contributed by atoms with Crippen molar-refractivity contribution in [1.82, 2.24) is 5.32 Å². The molecule has 4 aromatic rings. The Morgan fingerprint density at radius 1 is 0.872 bits per heavy atom. The van der Waals surface area contributed by atoms with Crippen LogP contribution in [0.25, 0.3) is 0 Å². The van der Waals surface area contributed by atoms with Gasteiger partial charge in [0, 0.05) is 5.02 Å². The third-order valence-electron chi connectivity index (χ3n) is 6.15. The van der Waals surface area contributed by atoms with Gasteiger partial charge in [0.05, 0.1) is 27.9 Å². The van der Waals surface area contributed by atoms with Crippen LogP contribution in [0.4, 0.5) is 11.4 Å². The zero-order valence-electron chi connectivity index (χ0n) is 21.5. The van der Waals surface area contributed by atoms with Gasteiger partial charge in [-0.05, 0) is 61.4 Å². The molecule has 0 aromatic heterocycles. The number of hydrogen-bond donors (Lipinski definition) is 2. The fourth-order valence-electron chi connectivity index (χ4n) is 3.98. The smallest absolute Gasteiger partial charge is 0.264 e. The van der Waals surface area contributed by atoms with E-state index in [0.29, 0.717) is 5.02 Å². The number of nitrogens with one attached hydrogen (secondary N) is 2. The first-order valence-corrected chi connectivity index (χ1v) is 14.1. The number of carbonyl (C=O) groups is 2. The van der Waals surface area contributed by atoms with E-state index in [1.807, 2.05) is 37.3 Å². The summed E-state index contributed by atoms with van der Waals surface area (Å²) in [5, 5.41) is 6.03. The molecule has 0 aliphatic rings. The summed E-state index contributed by atoms with van der Waals surface area (Å²) in [7, 11) is -4.11. The zero-order valence-corrected chi connectivity index (χ0v) is 23.0. The van der Waals surface area contributed by atoms with Crippen LogP contribution in [0.1, 0.15) is 34.5 Å². The number of hydrogen-bond acceptors (Lipinski definition) is 4. The van der Waals surface area contributed by atoms with Gasteiger partial charge >= 0.3 is 0 Å². The standard InChI is InChI=1S/C30H28ClN3O4S/c1-21-17-18-24(19-27(21)31)34(39(37,38)25-13-7-4-8-14-25)20-29(35)33-28-16-10-9-15-26(28)30(36)32-22(2)23-11-5-3-6-12-23/h3-19,22H,20H2,1-2H3,(H,32,36)(H,33,35)/t22-/m1/s1. The first kappa shape index (κ1) is 27.9. The van der Waals surface area contributed by atoms with Gasteiger partial charge in [0.1, 0.15) is 6.54 Å². The van der Waals surface area contributed by atoms with Crippen molar-refractivity contribution in [1.29, 1.82) is 0 Å². The van der Waals surface area contributed by atoms with E-state index in [0.717, 1.165) is 15.4 Å². The summed E-state index contributed by atoms with van der Waals surface area (Å²) in [5.74, 6) is -0.996. The van der Waals surface area contributed by atoms with Crippen molar-refractivity contribution in [3.05, 3.63) is 125 Å². The molecule has 4 aromatic carbocycles. The van der Waals surface area contributed by atoms with Crippen LogP contribution in [-0.4, -0.2) is 26.8 Å². The molecule has 0 heterocycles. The van der Waals surface area contributed by atoms with E-state index in [4.69, 9.17) is 11.6 Å². The highest BCUT2D eigenvalue weighted by Gasteiger charge is 2.28. The van der Waals surface area contributed by atoms with Crippen molar-refractivity contribution in [2.45, 2.75) is 24.8 Å². The molecule has 39 heavy (non-hydrogen) atoms. The number of para-hydroxylation sites is 1. The fourth-order valence-corrected chi connectivity index (χ4v) is 5.59. The Morgan fingerprint density at radius 3 is 2.15 bits per heavy atom. The van der Waals surface area contributed by atoms with Crippen molar-refractivity contribution in [2.75, 3.05) is 16.2 Å². The molecule has 7 nitrogen and oxygen atoms in total. The highest BCUT2D eigenvalue weighted by Crippen LogP contribution is 2.28. The predicted octanol–water partition coefficient (Wildman–Crippen LogP) is 5.97. The minimum absolute atomic E-state index is 0.0316. The van der Waals surface area contributed by atoms with Gasteiger partial charge in [0.2, 0.25) is 5.91 Å². The number of aryl methyl sites for hydroxylation is 1. The van der Waals surface area contributed by atoms with Gasteiger partial charge in [-0.25, -0.2) is 8.42 Å². The van der Waals surface area contributed by atoms with E-state index in [1.165, 1.54) is 18.2 Å². The molecule has 0 radical (unpaired) electrons. The Kier molecular flexibility index (Phi) is 8.69. The van der Waals surface area contributed by atoms with Gasteiger partial charge in [-0.15, -0.1) is 0 Å². The van der Waals surface area contributed by atoms with Crippen LogP contribution in [0, 0.1) is 6.92 Å². The quantitative estimate of drug-likeness (QED) is 0.263. The molecular formula is C30H28ClN3O4S. The molecule has 0 saturated carbocycles. The van der Waals surface area contributed by atoms with Crippen LogP contribution in [0.3, 0.4) is 0 Å². The van der Waals surface area contributed by atoms with Gasteiger partial charge in [-0.2, -0.15) is 0 Å². The highest BCUT2D eigenvalue weighted by molar-refractivity contribution is 7.92. The second-order valence-corrected chi connectivity index (χ2v) is 11.2. The average Bonchev–Trinajstić information content (AvgIpc) is 2.94. The van der Waals surface area contributed by atoms with Gasteiger partial charge in [0.25, 0.3) is 15.9 Å². The number of benzene rings is 4. The SMILES string of the molecule is Cc1ccc(N(CC(=O)Nc2ccccc2C(=O)N[C@H](C)c2ccccc2)S(=O)(=O)c2ccccc2)cc1Cl. The number of sulfonamides is 1. The van der Waals surface area contributed by atoms with Crippen molar-refractivity contribution in [3.8, 4) is 0 Å². The average molecular weight is 562 g/mol. The lowest BCUT2D eigenvalue weighted by molar-refractivity contribution is -0.114. The molecule has 0 aliphatic heterocycles. The van der Waals surface area contributed by atoms with Crippen LogP contribution >= 0.6 is 11.6 Å². The number of carbonyl (C=O) groups excluding carboxylic acids is 2. The highest BCUT2D eigenvalue weighted by atomic mass is 35.5. The summed E-state index contributed by atoms with van der Waals surface area (Å²) < 4.78 is 28.2. The van der Waals surface area contributed by atoms with Crippen LogP contribution in [0.5, 0.6) is 0 Å². The molecule has 4 rings (SSSR count). The zero-order chi connectivity index (χ0) is 28.0. The summed E-state index contributed by atoms with van der Waals surface area (Å²) in [6.07, 6.45) is 0. The molecule has 0 fully saturated rings. The van der Waals surface area contributed by atoms with E-state index < -0.39 is 22.5 Å². The van der Waals surface area contributed by atoms with Crippen LogP contribution in [0.2, 0.25) is 5.02 Å². The van der Waals surface area contributed by atoms with Gasteiger partial charge in [-0.3, -0.25) is 13.9 Å². The second kappa shape index (κ2) is 12.1. The monoisotopic (exact) mass is 561 g/mol. The van der Waals surface area contributed by atoms with E-state index in [-0.39, 0.29) is 33.8 Å². The van der Waals surface area contributed by atoms with Gasteiger partial charge in [-0.1, -0.05) is 78.3 Å². The van der Waals surface area contributed by atoms with E-state index in [1.54, 1.807) is 61.5 Å². The van der Waals surface area contributed by atoms with Crippen molar-refractivity contribution >= 4 is 44.8 Å². The maximum atomic E-state index is 13.6. The third kappa shape index (κ3) is 6.66. The molecule has 0 unspecified atom stereocenters. The van der Waals surface area contributed by atoms with E-state index in [2.05, 4.69) is 10.6 Å². The summed E-state index contributed by atoms with van der Waals surface area (Å²) in [6, 6.07) is 28.5. The summed E-state index contributed by atoms with van der Waals surface area (Å²) in [6.45, 7) is 3.13. The van der Waals surface area contributed by atoms with E-state index in [9.17, 15) is 18.0 Å². The lowest BCUT2D eigenvalue weighted by atomic mass is 10.1. The number of rotatable bonds is 9. The third-order valence-corrected chi connectivity index (χ3v) is 8.35. The Balaban J connectivity index is 1.59. The largest absolute Gasteiger partial charge is 0.345 e. The lowest BCUT2D eigenvalue weighted by Crippen LogP contribution is -2.38. The number of amides is 2. The summed E-state index contributed by atoms with van der Waals surface area (Å²) in [5.41, 5.74) is 2.47. The van der Waals surface area contributed by atoms with Crippen molar-refractivity contribution in [2.24, 2.45) is 0 Å². The normalized spacial score (nSPS) is 11.9. The Bertz CT molecular complexity index is 1580. The molecule has 0 saturated heterocycles. The lowest BCUT2D eigenvalue weighted by Gasteiger charge is -2.25.